The first kappa shape index (κ1) is 16.1. The van der Waals surface area contributed by atoms with Crippen molar-refractivity contribution >= 4 is 5.97 Å². The average Bonchev–Trinajstić information content (AvgIpc) is 2.55. The molecule has 0 aliphatic carbocycles. The summed E-state index contributed by atoms with van der Waals surface area (Å²) in [6, 6.07) is 13.7. The Balaban J connectivity index is 2.57. The number of benzene rings is 2. The molecule has 0 aliphatic rings. The lowest BCUT2D eigenvalue weighted by molar-refractivity contribution is 0.0525. The molecular weight excluding hydrogens is 276 g/mol. The van der Waals surface area contributed by atoms with E-state index in [9.17, 15) is 4.79 Å². The highest BCUT2D eigenvalue weighted by Crippen LogP contribution is 2.34. The Kier molecular flexibility index (Phi) is 5.59. The van der Waals surface area contributed by atoms with Crippen LogP contribution in [0.15, 0.2) is 42.5 Å². The van der Waals surface area contributed by atoms with E-state index in [1.54, 1.807) is 0 Å². The fraction of sp³-hybridized carbons (Fsp3) is 0.316. The van der Waals surface area contributed by atoms with Crippen molar-refractivity contribution in [3.63, 3.8) is 0 Å². The van der Waals surface area contributed by atoms with Crippen molar-refractivity contribution in [1.82, 2.24) is 0 Å². The Hall–Kier alpha value is -2.29. The first-order valence-corrected chi connectivity index (χ1v) is 7.74. The molecule has 0 spiro atoms. The molecule has 0 unspecified atom stereocenters. The largest absolute Gasteiger partial charge is 0.493 e. The maximum atomic E-state index is 12.2. The average molecular weight is 298 g/mol. The summed E-state index contributed by atoms with van der Waals surface area (Å²) in [4.78, 5) is 12.2. The van der Waals surface area contributed by atoms with Gasteiger partial charge < -0.3 is 9.47 Å². The first-order chi connectivity index (χ1) is 10.7. The van der Waals surface area contributed by atoms with Crippen LogP contribution in [0.1, 0.15) is 36.7 Å². The molecule has 0 saturated carbocycles. The number of esters is 1. The minimum Gasteiger partial charge on any atom is -0.493 e. The van der Waals surface area contributed by atoms with Gasteiger partial charge in [0.2, 0.25) is 0 Å². The van der Waals surface area contributed by atoms with Crippen molar-refractivity contribution in [1.29, 1.82) is 0 Å². The molecule has 3 nitrogen and oxygen atoms in total. The minimum atomic E-state index is -0.268. The van der Waals surface area contributed by atoms with Gasteiger partial charge in [0.25, 0.3) is 0 Å². The minimum absolute atomic E-state index is 0.268. The topological polar surface area (TPSA) is 35.5 Å². The highest BCUT2D eigenvalue weighted by molar-refractivity contribution is 5.94. The van der Waals surface area contributed by atoms with Crippen LogP contribution in [0.5, 0.6) is 5.75 Å². The van der Waals surface area contributed by atoms with Gasteiger partial charge in [0.05, 0.1) is 18.8 Å². The lowest BCUT2D eigenvalue weighted by Crippen LogP contribution is -2.09. The maximum absolute atomic E-state index is 12.2. The molecule has 0 aliphatic heterocycles. The number of carbonyl (C=O) groups excluding carboxylic acids is 1. The van der Waals surface area contributed by atoms with E-state index in [-0.39, 0.29) is 5.97 Å². The molecule has 0 bridgehead atoms. The maximum Gasteiger partial charge on any atom is 0.338 e. The van der Waals surface area contributed by atoms with Crippen LogP contribution in [0.4, 0.5) is 0 Å². The molecule has 116 valence electrons. The molecule has 0 saturated heterocycles. The molecule has 0 aromatic heterocycles. The van der Waals surface area contributed by atoms with Crippen LogP contribution in [-0.4, -0.2) is 19.2 Å². The summed E-state index contributed by atoms with van der Waals surface area (Å²) in [6.45, 7) is 6.81. The normalized spacial score (nSPS) is 10.3. The van der Waals surface area contributed by atoms with Gasteiger partial charge in [-0.15, -0.1) is 0 Å². The Labute approximate surface area is 131 Å². The van der Waals surface area contributed by atoms with Crippen LogP contribution in [-0.2, 0) is 11.2 Å². The van der Waals surface area contributed by atoms with Gasteiger partial charge in [-0.2, -0.15) is 0 Å². The smallest absolute Gasteiger partial charge is 0.338 e. The third-order valence-corrected chi connectivity index (χ3v) is 3.50. The Morgan fingerprint density at radius 1 is 0.909 bits per heavy atom. The fourth-order valence-electron chi connectivity index (χ4n) is 2.59. The van der Waals surface area contributed by atoms with Crippen molar-refractivity contribution in [3.8, 4) is 16.9 Å². The second-order valence-corrected chi connectivity index (χ2v) is 4.83. The zero-order chi connectivity index (χ0) is 15.9. The number of carbonyl (C=O) groups is 1. The molecule has 0 fully saturated rings. The molecule has 0 atom stereocenters. The number of para-hydroxylation sites is 1. The Morgan fingerprint density at radius 3 is 2.32 bits per heavy atom. The summed E-state index contributed by atoms with van der Waals surface area (Å²) in [5, 5.41) is 0. The first-order valence-electron chi connectivity index (χ1n) is 7.74. The lowest BCUT2D eigenvalue weighted by atomic mass is 9.93. The fourth-order valence-corrected chi connectivity index (χ4v) is 2.59. The van der Waals surface area contributed by atoms with Gasteiger partial charge in [-0.1, -0.05) is 37.3 Å². The van der Waals surface area contributed by atoms with E-state index in [4.69, 9.17) is 9.47 Å². The molecule has 2 aromatic rings. The van der Waals surface area contributed by atoms with Gasteiger partial charge in [0.15, 0.2) is 0 Å². The third kappa shape index (κ3) is 3.30. The third-order valence-electron chi connectivity index (χ3n) is 3.50. The highest BCUT2D eigenvalue weighted by atomic mass is 16.5. The zero-order valence-corrected chi connectivity index (χ0v) is 13.4. The summed E-state index contributed by atoms with van der Waals surface area (Å²) in [6.07, 6.45) is 0.755. The number of rotatable bonds is 6. The molecule has 3 heteroatoms. The second kappa shape index (κ2) is 7.64. The van der Waals surface area contributed by atoms with Gasteiger partial charge in [-0.05, 0) is 43.5 Å². The van der Waals surface area contributed by atoms with E-state index < -0.39 is 0 Å². The molecule has 0 heterocycles. The van der Waals surface area contributed by atoms with Crippen LogP contribution in [0.2, 0.25) is 0 Å². The predicted octanol–water partition coefficient (Wildman–Crippen LogP) is 4.49. The number of hydrogen-bond donors (Lipinski definition) is 0. The monoisotopic (exact) mass is 298 g/mol. The molecule has 0 amide bonds. The van der Waals surface area contributed by atoms with Gasteiger partial charge in [0, 0.05) is 5.56 Å². The van der Waals surface area contributed by atoms with Crippen LogP contribution in [0.25, 0.3) is 11.1 Å². The van der Waals surface area contributed by atoms with E-state index in [1.165, 1.54) is 0 Å². The SMILES string of the molecule is CCOC(=O)c1cccc(-c2ccccc2OCC)c1CC. The van der Waals surface area contributed by atoms with Gasteiger partial charge in [0.1, 0.15) is 5.75 Å². The molecule has 2 aromatic carbocycles. The van der Waals surface area contributed by atoms with Crippen molar-refractivity contribution in [2.24, 2.45) is 0 Å². The second-order valence-electron chi connectivity index (χ2n) is 4.83. The number of ether oxygens (including phenoxy) is 2. The summed E-state index contributed by atoms with van der Waals surface area (Å²) in [5.74, 6) is 0.566. The van der Waals surface area contributed by atoms with Crippen LogP contribution >= 0.6 is 0 Å². The molecule has 0 N–H and O–H groups in total. The molecular formula is C19H22O3. The van der Waals surface area contributed by atoms with Crippen molar-refractivity contribution in [2.75, 3.05) is 13.2 Å². The molecule has 0 radical (unpaired) electrons. The van der Waals surface area contributed by atoms with Crippen LogP contribution in [0, 0.1) is 0 Å². The van der Waals surface area contributed by atoms with E-state index in [2.05, 4.69) is 0 Å². The van der Waals surface area contributed by atoms with Gasteiger partial charge in [-0.25, -0.2) is 4.79 Å². The Bertz CT molecular complexity index is 647. The molecule has 2 rings (SSSR count). The van der Waals surface area contributed by atoms with E-state index in [0.29, 0.717) is 18.8 Å². The van der Waals surface area contributed by atoms with Gasteiger partial charge in [-0.3, -0.25) is 0 Å². The summed E-state index contributed by atoms with van der Waals surface area (Å²) in [5.41, 5.74) is 3.66. The highest BCUT2D eigenvalue weighted by Gasteiger charge is 2.17. The van der Waals surface area contributed by atoms with E-state index >= 15 is 0 Å². The van der Waals surface area contributed by atoms with Crippen LogP contribution < -0.4 is 4.74 Å². The summed E-state index contributed by atoms with van der Waals surface area (Å²) in [7, 11) is 0. The van der Waals surface area contributed by atoms with Crippen molar-refractivity contribution in [2.45, 2.75) is 27.2 Å². The van der Waals surface area contributed by atoms with E-state index in [0.717, 1.165) is 28.9 Å². The van der Waals surface area contributed by atoms with Crippen molar-refractivity contribution in [3.05, 3.63) is 53.6 Å². The Morgan fingerprint density at radius 2 is 1.64 bits per heavy atom. The quantitative estimate of drug-likeness (QED) is 0.737. The number of hydrogen-bond acceptors (Lipinski definition) is 3. The van der Waals surface area contributed by atoms with Crippen molar-refractivity contribution < 1.29 is 14.3 Å². The standard InChI is InChI=1S/C19H22O3/c1-4-14-15(11-9-12-17(14)19(20)22-6-3)16-10-7-8-13-18(16)21-5-2/h7-13H,4-6H2,1-3H3. The van der Waals surface area contributed by atoms with E-state index in [1.807, 2.05) is 63.2 Å². The van der Waals surface area contributed by atoms with Crippen LogP contribution in [0.3, 0.4) is 0 Å². The predicted molar refractivity (Wildman–Crippen MR) is 88.4 cm³/mol. The lowest BCUT2D eigenvalue weighted by Gasteiger charge is -2.16. The van der Waals surface area contributed by atoms with Gasteiger partial charge >= 0.3 is 5.97 Å². The molecule has 22 heavy (non-hydrogen) atoms. The summed E-state index contributed by atoms with van der Waals surface area (Å²) >= 11 is 0. The zero-order valence-electron chi connectivity index (χ0n) is 13.4. The summed E-state index contributed by atoms with van der Waals surface area (Å²) < 4.78 is 10.9.